The number of rotatable bonds is 5. The molecule has 1 aliphatic heterocycles. The number of benzene rings is 2. The zero-order valence-electron chi connectivity index (χ0n) is 15.2. The quantitative estimate of drug-likeness (QED) is 0.887. The summed E-state index contributed by atoms with van der Waals surface area (Å²) in [5.74, 6) is 0.707. The molecule has 138 valence electrons. The van der Waals surface area contributed by atoms with Crippen molar-refractivity contribution < 1.29 is 14.6 Å². The number of nitriles is 1. The summed E-state index contributed by atoms with van der Waals surface area (Å²) in [6.07, 6.45) is 1.79. The van der Waals surface area contributed by atoms with Crippen molar-refractivity contribution in [2.45, 2.75) is 30.8 Å². The van der Waals surface area contributed by atoms with Crippen molar-refractivity contribution >= 4 is 5.91 Å². The highest BCUT2D eigenvalue weighted by atomic mass is 16.5. The minimum Gasteiger partial charge on any atom is -0.496 e. The van der Waals surface area contributed by atoms with Crippen LogP contribution in [-0.2, 0) is 4.79 Å². The second-order valence-corrected chi connectivity index (χ2v) is 7.19. The summed E-state index contributed by atoms with van der Waals surface area (Å²) < 4.78 is 5.43. The van der Waals surface area contributed by atoms with E-state index in [9.17, 15) is 15.2 Å². The molecule has 2 aromatic rings. The Hall–Kier alpha value is -2.84. The van der Waals surface area contributed by atoms with E-state index in [0.29, 0.717) is 0 Å². The number of aliphatic hydroxyl groups is 1. The largest absolute Gasteiger partial charge is 0.496 e. The van der Waals surface area contributed by atoms with Gasteiger partial charge < -0.3 is 14.7 Å². The van der Waals surface area contributed by atoms with Gasteiger partial charge >= 0.3 is 0 Å². The molecule has 1 saturated heterocycles. The van der Waals surface area contributed by atoms with Crippen molar-refractivity contribution in [2.24, 2.45) is 5.92 Å². The number of para-hydroxylation sites is 1. The average molecular weight is 362 g/mol. The lowest BCUT2D eigenvalue weighted by Crippen LogP contribution is -2.65. The van der Waals surface area contributed by atoms with Crippen LogP contribution in [0.5, 0.6) is 5.75 Å². The lowest BCUT2D eigenvalue weighted by atomic mass is 9.75. The van der Waals surface area contributed by atoms with Gasteiger partial charge in [0.05, 0.1) is 25.8 Å². The number of carbonyl (C=O) groups excluding carboxylic acids is 1. The van der Waals surface area contributed by atoms with E-state index in [1.165, 1.54) is 0 Å². The first-order valence-corrected chi connectivity index (χ1v) is 9.25. The number of carbonyl (C=O) groups is 1. The summed E-state index contributed by atoms with van der Waals surface area (Å²) in [4.78, 5) is 14.1. The van der Waals surface area contributed by atoms with Gasteiger partial charge in [-0.15, -0.1) is 0 Å². The third-order valence-corrected chi connectivity index (χ3v) is 5.63. The maximum atomic E-state index is 12.5. The first-order valence-electron chi connectivity index (χ1n) is 9.25. The Bertz CT molecular complexity index is 883. The molecule has 2 fully saturated rings. The lowest BCUT2D eigenvalue weighted by Gasteiger charge is -2.51. The van der Waals surface area contributed by atoms with Gasteiger partial charge in [0.15, 0.2) is 0 Å². The molecule has 4 rings (SSSR count). The Morgan fingerprint density at radius 2 is 1.93 bits per heavy atom. The second kappa shape index (κ2) is 7.05. The van der Waals surface area contributed by atoms with Gasteiger partial charge in [-0.2, -0.15) is 5.26 Å². The van der Waals surface area contributed by atoms with E-state index >= 15 is 0 Å². The third kappa shape index (κ3) is 2.96. The van der Waals surface area contributed by atoms with E-state index in [1.807, 2.05) is 48.5 Å². The van der Waals surface area contributed by atoms with Crippen LogP contribution in [0.15, 0.2) is 48.5 Å². The highest BCUT2D eigenvalue weighted by molar-refractivity contribution is 5.83. The highest BCUT2D eigenvalue weighted by Gasteiger charge is 2.53. The number of nitrogens with zero attached hydrogens (tertiary/aromatic N) is 2. The van der Waals surface area contributed by atoms with Crippen LogP contribution in [0.4, 0.5) is 0 Å². The molecule has 0 spiro atoms. The zero-order valence-corrected chi connectivity index (χ0v) is 15.2. The summed E-state index contributed by atoms with van der Waals surface area (Å²) in [5.41, 5.74) is 3.00. The van der Waals surface area contributed by atoms with Crippen LogP contribution in [0.1, 0.15) is 24.3 Å². The van der Waals surface area contributed by atoms with Crippen LogP contribution in [0.25, 0.3) is 11.1 Å². The second-order valence-electron chi connectivity index (χ2n) is 7.19. The molecule has 0 unspecified atom stereocenters. The van der Waals surface area contributed by atoms with E-state index in [-0.39, 0.29) is 30.4 Å². The smallest absolute Gasteiger partial charge is 0.227 e. The van der Waals surface area contributed by atoms with E-state index in [0.717, 1.165) is 35.3 Å². The Kier molecular flexibility index (Phi) is 4.59. The predicted molar refractivity (Wildman–Crippen MR) is 101 cm³/mol. The zero-order chi connectivity index (χ0) is 19.0. The van der Waals surface area contributed by atoms with E-state index in [2.05, 4.69) is 6.07 Å². The number of aliphatic hydroxyl groups excluding tert-OH is 1. The minimum absolute atomic E-state index is 0.0162. The van der Waals surface area contributed by atoms with Crippen LogP contribution < -0.4 is 4.74 Å². The fourth-order valence-electron chi connectivity index (χ4n) is 4.02. The summed E-state index contributed by atoms with van der Waals surface area (Å²) in [5, 5.41) is 19.4. The van der Waals surface area contributed by atoms with Gasteiger partial charge in [-0.25, -0.2) is 0 Å². The molecule has 3 atom stereocenters. The molecule has 5 nitrogen and oxygen atoms in total. The molecule has 27 heavy (non-hydrogen) atoms. The monoisotopic (exact) mass is 362 g/mol. The van der Waals surface area contributed by atoms with Crippen LogP contribution in [0.3, 0.4) is 0 Å². The number of hydrogen-bond donors (Lipinski definition) is 1. The van der Waals surface area contributed by atoms with Crippen LogP contribution in [-0.4, -0.2) is 41.7 Å². The Morgan fingerprint density at radius 1 is 1.22 bits per heavy atom. The van der Waals surface area contributed by atoms with Gasteiger partial charge in [-0.3, -0.25) is 4.79 Å². The molecule has 1 aliphatic carbocycles. The summed E-state index contributed by atoms with van der Waals surface area (Å²) in [7, 11) is 1.65. The molecule has 0 radical (unpaired) electrons. The number of ether oxygens (including phenoxy) is 1. The first kappa shape index (κ1) is 17.6. The van der Waals surface area contributed by atoms with Crippen molar-refractivity contribution in [1.29, 1.82) is 5.26 Å². The molecule has 0 aromatic heterocycles. The normalized spacial score (nSPS) is 24.0. The maximum Gasteiger partial charge on any atom is 0.227 e. The van der Waals surface area contributed by atoms with Gasteiger partial charge in [0.25, 0.3) is 0 Å². The fraction of sp³-hybridized carbons (Fsp3) is 0.364. The molecule has 5 heteroatoms. The highest BCUT2D eigenvalue weighted by Crippen LogP contribution is 2.44. The van der Waals surface area contributed by atoms with Crippen molar-refractivity contribution in [3.05, 3.63) is 54.1 Å². The molecule has 0 bridgehead atoms. The van der Waals surface area contributed by atoms with Crippen molar-refractivity contribution in [3.8, 4) is 22.9 Å². The third-order valence-electron chi connectivity index (χ3n) is 5.63. The van der Waals surface area contributed by atoms with Crippen LogP contribution in [0.2, 0.25) is 0 Å². The Morgan fingerprint density at radius 3 is 2.52 bits per heavy atom. The topological polar surface area (TPSA) is 73.6 Å². The van der Waals surface area contributed by atoms with E-state index in [4.69, 9.17) is 4.74 Å². The summed E-state index contributed by atoms with van der Waals surface area (Å²) in [6.45, 7) is -0.129. The molecular weight excluding hydrogens is 340 g/mol. The van der Waals surface area contributed by atoms with Gasteiger partial charge in [0.1, 0.15) is 11.8 Å². The fourth-order valence-corrected chi connectivity index (χ4v) is 4.02. The van der Waals surface area contributed by atoms with Crippen molar-refractivity contribution in [1.82, 2.24) is 4.90 Å². The van der Waals surface area contributed by atoms with Gasteiger partial charge in [-0.05, 0) is 30.0 Å². The average Bonchev–Trinajstić information content (AvgIpc) is 3.53. The minimum atomic E-state index is -0.507. The molecular formula is C22H22N2O3. The first-order chi connectivity index (χ1) is 13.2. The predicted octanol–water partition coefficient (Wildman–Crippen LogP) is 2.95. The van der Waals surface area contributed by atoms with Gasteiger partial charge in [0.2, 0.25) is 5.91 Å². The maximum absolute atomic E-state index is 12.5. The standard InChI is InChI=1S/C22H22N2O3/c1-27-20-5-3-2-4-17(20)14-6-8-15(9-7-14)21-18(12-23)24(19(21)13-25)22(26)16-10-11-16/h2-9,16,18-19,21,25H,10-11,13H2,1H3/t18-,19+,21+/m0/s1. The Labute approximate surface area is 158 Å². The number of amides is 1. The van der Waals surface area contributed by atoms with Crippen molar-refractivity contribution in [2.75, 3.05) is 13.7 Å². The summed E-state index contributed by atoms with van der Waals surface area (Å²) in [6, 6.07) is 17.2. The van der Waals surface area contributed by atoms with Gasteiger partial charge in [0, 0.05) is 17.4 Å². The van der Waals surface area contributed by atoms with E-state index < -0.39 is 6.04 Å². The molecule has 2 aromatic carbocycles. The Balaban J connectivity index is 1.60. The molecule has 1 amide bonds. The van der Waals surface area contributed by atoms with Crippen LogP contribution >= 0.6 is 0 Å². The lowest BCUT2D eigenvalue weighted by molar-refractivity contribution is -0.148. The number of methoxy groups -OCH3 is 1. The number of hydrogen-bond acceptors (Lipinski definition) is 4. The summed E-state index contributed by atoms with van der Waals surface area (Å²) >= 11 is 0. The van der Waals surface area contributed by atoms with Crippen LogP contribution in [0, 0.1) is 17.2 Å². The van der Waals surface area contributed by atoms with E-state index in [1.54, 1.807) is 12.0 Å². The number of likely N-dealkylation sites (tertiary alicyclic amines) is 1. The molecule has 1 saturated carbocycles. The SMILES string of the molecule is COc1ccccc1-c1ccc([C@H]2[C@@H](CO)N(C(=O)C3CC3)[C@H]2C#N)cc1. The van der Waals surface area contributed by atoms with Gasteiger partial charge in [-0.1, -0.05) is 42.5 Å². The molecule has 2 aliphatic rings. The van der Waals surface area contributed by atoms with Crippen molar-refractivity contribution in [3.63, 3.8) is 0 Å². The molecule has 1 N–H and O–H groups in total. The molecule has 1 heterocycles.